The van der Waals surface area contributed by atoms with E-state index in [9.17, 15) is 18.3 Å². The molecule has 0 aliphatic heterocycles. The summed E-state index contributed by atoms with van der Waals surface area (Å²) in [4.78, 5) is 4.30. The van der Waals surface area contributed by atoms with E-state index in [-0.39, 0.29) is 17.9 Å². The van der Waals surface area contributed by atoms with Gasteiger partial charge in [0.2, 0.25) is 0 Å². The minimum absolute atomic E-state index is 0.224. The maximum Gasteiger partial charge on any atom is 0.573 e. The third kappa shape index (κ3) is 4.19. The summed E-state index contributed by atoms with van der Waals surface area (Å²) in [5.74, 6) is 0.407. The van der Waals surface area contributed by atoms with Gasteiger partial charge in [0, 0.05) is 11.6 Å². The maximum atomic E-state index is 12.3. The van der Waals surface area contributed by atoms with Crippen LogP contribution in [0.3, 0.4) is 0 Å². The van der Waals surface area contributed by atoms with E-state index in [1.807, 2.05) is 12.1 Å². The molecule has 1 saturated carbocycles. The van der Waals surface area contributed by atoms with E-state index in [2.05, 4.69) is 20.1 Å². The number of hydrogen-bond acceptors (Lipinski definition) is 5. The molecule has 0 spiro atoms. The van der Waals surface area contributed by atoms with Gasteiger partial charge in [0.25, 0.3) is 0 Å². The molecule has 0 atom stereocenters. The predicted molar refractivity (Wildman–Crippen MR) is 97.0 cm³/mol. The van der Waals surface area contributed by atoms with Crippen LogP contribution in [0.15, 0.2) is 42.6 Å². The number of benzene rings is 1. The van der Waals surface area contributed by atoms with Crippen LogP contribution < -0.4 is 10.1 Å². The smallest absolute Gasteiger partial charge is 0.406 e. The van der Waals surface area contributed by atoms with Gasteiger partial charge in [-0.1, -0.05) is 0 Å². The largest absolute Gasteiger partial charge is 0.573 e. The molecule has 2 N–H and O–H groups in total. The van der Waals surface area contributed by atoms with Crippen LogP contribution >= 0.6 is 0 Å². The molecule has 3 aromatic rings. The minimum Gasteiger partial charge on any atom is -0.406 e. The molecule has 2 aromatic heterocycles. The van der Waals surface area contributed by atoms with E-state index in [4.69, 9.17) is 0 Å². The average Bonchev–Trinajstić information content (AvgIpc) is 3.06. The highest BCUT2D eigenvalue weighted by molar-refractivity contribution is 5.64. The van der Waals surface area contributed by atoms with E-state index < -0.39 is 6.36 Å². The Morgan fingerprint density at radius 3 is 2.43 bits per heavy atom. The van der Waals surface area contributed by atoms with E-state index in [1.54, 1.807) is 10.7 Å². The van der Waals surface area contributed by atoms with Crippen LogP contribution in [0.25, 0.3) is 16.9 Å². The van der Waals surface area contributed by atoms with Crippen molar-refractivity contribution < 1.29 is 23.0 Å². The number of anilines is 1. The molecule has 0 unspecified atom stereocenters. The first-order valence-electron chi connectivity index (χ1n) is 9.03. The Morgan fingerprint density at radius 2 is 1.75 bits per heavy atom. The Morgan fingerprint density at radius 1 is 1.04 bits per heavy atom. The average molecular weight is 392 g/mol. The number of aliphatic hydroxyl groups is 1. The maximum absolute atomic E-state index is 12.3. The second-order valence-electron chi connectivity index (χ2n) is 6.85. The molecule has 2 heterocycles. The normalized spacial score (nSPS) is 20.3. The third-order valence-corrected chi connectivity index (χ3v) is 4.79. The van der Waals surface area contributed by atoms with Crippen LogP contribution in [0.2, 0.25) is 0 Å². The molecule has 28 heavy (non-hydrogen) atoms. The van der Waals surface area contributed by atoms with Crippen LogP contribution in [0, 0.1) is 0 Å². The number of aliphatic hydroxyl groups excluding tert-OH is 1. The number of imidazole rings is 1. The molecule has 1 fully saturated rings. The van der Waals surface area contributed by atoms with Gasteiger partial charge in [-0.3, -0.25) is 0 Å². The highest BCUT2D eigenvalue weighted by atomic mass is 19.4. The van der Waals surface area contributed by atoms with Crippen molar-refractivity contribution >= 4 is 11.5 Å². The van der Waals surface area contributed by atoms with Crippen LogP contribution in [-0.4, -0.2) is 38.2 Å². The van der Waals surface area contributed by atoms with Crippen LogP contribution in [-0.2, 0) is 0 Å². The van der Waals surface area contributed by atoms with E-state index in [0.717, 1.165) is 25.7 Å². The van der Waals surface area contributed by atoms with Gasteiger partial charge in [-0.15, -0.1) is 18.3 Å². The van der Waals surface area contributed by atoms with Gasteiger partial charge in [-0.2, -0.15) is 0 Å². The molecule has 1 aliphatic carbocycles. The number of nitrogens with zero attached hydrogens (tertiary/aromatic N) is 3. The van der Waals surface area contributed by atoms with Gasteiger partial charge in [-0.25, -0.2) is 9.50 Å². The molecule has 0 amide bonds. The molecule has 0 radical (unpaired) electrons. The molecule has 6 nitrogen and oxygen atoms in total. The van der Waals surface area contributed by atoms with Crippen LogP contribution in [0.4, 0.5) is 19.0 Å². The molecule has 9 heteroatoms. The highest BCUT2D eigenvalue weighted by Crippen LogP contribution is 2.27. The minimum atomic E-state index is -4.72. The van der Waals surface area contributed by atoms with Crippen LogP contribution in [0.1, 0.15) is 25.7 Å². The summed E-state index contributed by atoms with van der Waals surface area (Å²) < 4.78 is 42.5. The summed E-state index contributed by atoms with van der Waals surface area (Å²) >= 11 is 0. The molecular formula is C19H19F3N4O2. The third-order valence-electron chi connectivity index (χ3n) is 4.79. The van der Waals surface area contributed by atoms with Crippen molar-refractivity contribution in [3.8, 4) is 17.0 Å². The Kier molecular flexibility index (Phi) is 4.84. The predicted octanol–water partition coefficient (Wildman–Crippen LogP) is 4.01. The van der Waals surface area contributed by atoms with E-state index >= 15 is 0 Å². The fourth-order valence-electron chi connectivity index (χ4n) is 3.40. The summed E-state index contributed by atoms with van der Waals surface area (Å²) in [6, 6.07) is 9.52. The molecule has 1 aromatic carbocycles. The lowest BCUT2D eigenvalue weighted by Crippen LogP contribution is -2.28. The first-order valence-corrected chi connectivity index (χ1v) is 9.03. The topological polar surface area (TPSA) is 71.7 Å². The molecule has 4 rings (SSSR count). The lowest BCUT2D eigenvalue weighted by atomic mass is 9.93. The van der Waals surface area contributed by atoms with Crippen molar-refractivity contribution in [3.63, 3.8) is 0 Å². The Balaban J connectivity index is 1.56. The molecule has 0 bridgehead atoms. The monoisotopic (exact) mass is 392 g/mol. The molecular weight excluding hydrogens is 373 g/mol. The lowest BCUT2D eigenvalue weighted by molar-refractivity contribution is -0.274. The number of nitrogens with one attached hydrogen (secondary N) is 1. The van der Waals surface area contributed by atoms with Crippen molar-refractivity contribution in [1.82, 2.24) is 14.6 Å². The number of rotatable bonds is 4. The van der Waals surface area contributed by atoms with Gasteiger partial charge in [0.05, 0.1) is 18.0 Å². The van der Waals surface area contributed by atoms with Gasteiger partial charge >= 0.3 is 6.36 Å². The fraction of sp³-hybridized carbons (Fsp3) is 0.368. The van der Waals surface area contributed by atoms with Gasteiger partial charge < -0.3 is 15.2 Å². The Bertz CT molecular complexity index is 948. The number of aromatic nitrogens is 3. The summed E-state index contributed by atoms with van der Waals surface area (Å²) in [5, 5.41) is 17.6. The van der Waals surface area contributed by atoms with E-state index in [1.165, 1.54) is 24.3 Å². The number of alkyl halides is 3. The lowest BCUT2D eigenvalue weighted by Gasteiger charge is -2.26. The Hall–Kier alpha value is -2.81. The number of fused-ring (bicyclic) bond motifs is 1. The number of ether oxygens (including phenoxy) is 1. The first-order chi connectivity index (χ1) is 13.4. The number of halogens is 3. The van der Waals surface area contributed by atoms with Crippen molar-refractivity contribution in [2.24, 2.45) is 0 Å². The Labute approximate surface area is 159 Å². The second kappa shape index (κ2) is 7.31. The van der Waals surface area contributed by atoms with Crippen molar-refractivity contribution in [1.29, 1.82) is 0 Å². The second-order valence-corrected chi connectivity index (χ2v) is 6.85. The molecule has 148 valence electrons. The summed E-state index contributed by atoms with van der Waals surface area (Å²) in [6.07, 6.45) is -0.0369. The summed E-state index contributed by atoms with van der Waals surface area (Å²) in [7, 11) is 0. The van der Waals surface area contributed by atoms with Crippen molar-refractivity contribution in [2.45, 2.75) is 44.2 Å². The van der Waals surface area contributed by atoms with Crippen molar-refractivity contribution in [2.75, 3.05) is 5.32 Å². The van der Waals surface area contributed by atoms with E-state index in [0.29, 0.717) is 22.7 Å². The molecule has 0 saturated heterocycles. The standard InChI is InChI=1S/C19H19F3N4O2/c20-19(21,22)28-15-7-1-12(2-8-15)16-11-23-18-10-9-17(25-26(16)18)24-13-3-5-14(27)6-4-13/h1-2,7-11,13-14,27H,3-6H2,(H,24,25)/t13-,14-. The quantitative estimate of drug-likeness (QED) is 0.702. The summed E-state index contributed by atoms with van der Waals surface area (Å²) in [5.41, 5.74) is 1.97. The van der Waals surface area contributed by atoms with Gasteiger partial charge in [-0.05, 0) is 62.1 Å². The van der Waals surface area contributed by atoms with Crippen LogP contribution in [0.5, 0.6) is 5.75 Å². The zero-order chi connectivity index (χ0) is 19.7. The first kappa shape index (κ1) is 18.5. The van der Waals surface area contributed by atoms with Gasteiger partial charge in [0.15, 0.2) is 5.65 Å². The fourth-order valence-corrected chi connectivity index (χ4v) is 3.40. The van der Waals surface area contributed by atoms with Gasteiger partial charge in [0.1, 0.15) is 11.6 Å². The number of hydrogen-bond donors (Lipinski definition) is 2. The highest BCUT2D eigenvalue weighted by Gasteiger charge is 2.31. The summed E-state index contributed by atoms with van der Waals surface area (Å²) in [6.45, 7) is 0. The SMILES string of the molecule is O[C@H]1CC[C@H](Nc2ccc3ncc(-c4ccc(OC(F)(F)F)cc4)n3n2)CC1. The van der Waals surface area contributed by atoms with Crippen molar-refractivity contribution in [3.05, 3.63) is 42.6 Å². The zero-order valence-electron chi connectivity index (χ0n) is 14.9. The zero-order valence-corrected chi connectivity index (χ0v) is 14.9. The molecule has 1 aliphatic rings.